The highest BCUT2D eigenvalue weighted by Crippen LogP contribution is 2.30. The van der Waals surface area contributed by atoms with Gasteiger partial charge in [0.05, 0.1) is 6.20 Å². The molecule has 1 aromatic carbocycles. The van der Waals surface area contributed by atoms with Crippen LogP contribution in [0.15, 0.2) is 18.3 Å². The largest absolute Gasteiger partial charge is 0.384 e. The molecule has 0 unspecified atom stereocenters. The minimum absolute atomic E-state index is 0.328. The first-order chi connectivity index (χ1) is 7.09. The second kappa shape index (κ2) is 3.55. The third kappa shape index (κ3) is 1.68. The zero-order valence-corrected chi connectivity index (χ0v) is 8.77. The Morgan fingerprint density at radius 2 is 2.13 bits per heavy atom. The molecule has 15 heavy (non-hydrogen) atoms. The van der Waals surface area contributed by atoms with Crippen LogP contribution in [0.25, 0.3) is 11.1 Å². The van der Waals surface area contributed by atoms with Gasteiger partial charge in [0.25, 0.3) is 0 Å². The minimum Gasteiger partial charge on any atom is -0.384 e. The fourth-order valence-corrected chi connectivity index (χ4v) is 1.53. The number of anilines is 1. The second-order valence-electron chi connectivity index (χ2n) is 3.28. The van der Waals surface area contributed by atoms with Crippen molar-refractivity contribution in [1.82, 2.24) is 10.2 Å². The van der Waals surface area contributed by atoms with Crippen LogP contribution in [0, 0.1) is 12.7 Å². The van der Waals surface area contributed by atoms with Gasteiger partial charge in [-0.1, -0.05) is 11.6 Å². The Morgan fingerprint density at radius 1 is 1.40 bits per heavy atom. The minimum atomic E-state index is -0.356. The summed E-state index contributed by atoms with van der Waals surface area (Å²) in [5.41, 5.74) is 7.18. The highest BCUT2D eigenvalue weighted by molar-refractivity contribution is 6.31. The molecule has 2 rings (SSSR count). The number of rotatable bonds is 1. The van der Waals surface area contributed by atoms with Crippen molar-refractivity contribution in [3.63, 3.8) is 0 Å². The normalized spacial score (nSPS) is 10.6. The van der Waals surface area contributed by atoms with Crippen LogP contribution in [-0.2, 0) is 0 Å². The predicted octanol–water partition coefficient (Wildman–Crippen LogP) is 2.76. The fraction of sp³-hybridized carbons (Fsp3) is 0.100. The molecule has 2 aromatic rings. The van der Waals surface area contributed by atoms with Crippen molar-refractivity contribution in [2.24, 2.45) is 0 Å². The van der Waals surface area contributed by atoms with Gasteiger partial charge in [-0.3, -0.25) is 5.10 Å². The molecule has 1 heterocycles. The highest BCUT2D eigenvalue weighted by atomic mass is 35.5. The molecule has 0 fully saturated rings. The van der Waals surface area contributed by atoms with Gasteiger partial charge in [-0.2, -0.15) is 5.10 Å². The Bertz CT molecular complexity index is 507. The summed E-state index contributed by atoms with van der Waals surface area (Å²) in [5.74, 6) is -0.0289. The first-order valence-electron chi connectivity index (χ1n) is 4.34. The standard InChI is InChI=1S/C10H9ClFN3/c1-5-2-9(12)6(3-8(5)11)7-4-14-15-10(7)13/h2-4H,1H3,(H3,13,14,15). The molecule has 0 amide bonds. The molecular weight excluding hydrogens is 217 g/mol. The van der Waals surface area contributed by atoms with Crippen molar-refractivity contribution in [1.29, 1.82) is 0 Å². The van der Waals surface area contributed by atoms with E-state index in [-0.39, 0.29) is 5.82 Å². The van der Waals surface area contributed by atoms with Gasteiger partial charge in [0.1, 0.15) is 11.6 Å². The maximum absolute atomic E-state index is 13.6. The Hall–Kier alpha value is -1.55. The number of hydrogen-bond acceptors (Lipinski definition) is 2. The molecule has 5 heteroatoms. The SMILES string of the molecule is Cc1cc(F)c(-c2cn[nH]c2N)cc1Cl. The number of hydrogen-bond donors (Lipinski definition) is 2. The number of nitrogens with one attached hydrogen (secondary N) is 1. The van der Waals surface area contributed by atoms with Crippen molar-refractivity contribution in [2.75, 3.05) is 5.73 Å². The summed E-state index contributed by atoms with van der Waals surface area (Å²) in [6, 6.07) is 2.93. The first-order valence-corrected chi connectivity index (χ1v) is 4.72. The van der Waals surface area contributed by atoms with E-state index in [0.29, 0.717) is 27.5 Å². The lowest BCUT2D eigenvalue weighted by Crippen LogP contribution is -1.91. The fourth-order valence-electron chi connectivity index (χ4n) is 1.36. The van der Waals surface area contributed by atoms with Crippen LogP contribution in [0.2, 0.25) is 5.02 Å². The number of halogens is 2. The maximum Gasteiger partial charge on any atom is 0.131 e. The quantitative estimate of drug-likeness (QED) is 0.784. The molecule has 0 spiro atoms. The summed E-state index contributed by atoms with van der Waals surface area (Å²) in [5, 5.41) is 6.78. The number of nitrogens with zero attached hydrogens (tertiary/aromatic N) is 1. The lowest BCUT2D eigenvalue weighted by Gasteiger charge is -2.04. The van der Waals surface area contributed by atoms with Crippen LogP contribution < -0.4 is 5.73 Å². The van der Waals surface area contributed by atoms with Gasteiger partial charge in [0.2, 0.25) is 0 Å². The van der Waals surface area contributed by atoms with Crippen molar-refractivity contribution < 1.29 is 4.39 Å². The van der Waals surface area contributed by atoms with Crippen molar-refractivity contribution >= 4 is 17.4 Å². The van der Waals surface area contributed by atoms with E-state index >= 15 is 0 Å². The van der Waals surface area contributed by atoms with Crippen molar-refractivity contribution in [3.8, 4) is 11.1 Å². The summed E-state index contributed by atoms with van der Waals surface area (Å²) in [7, 11) is 0. The lowest BCUT2D eigenvalue weighted by molar-refractivity contribution is 0.630. The molecule has 0 aliphatic carbocycles. The monoisotopic (exact) mass is 225 g/mol. The molecule has 0 radical (unpaired) electrons. The molecule has 3 nitrogen and oxygen atoms in total. The van der Waals surface area contributed by atoms with Crippen LogP contribution in [0.1, 0.15) is 5.56 Å². The third-order valence-corrected chi connectivity index (χ3v) is 2.61. The van der Waals surface area contributed by atoms with E-state index in [4.69, 9.17) is 17.3 Å². The number of aromatic amines is 1. The molecule has 78 valence electrons. The Balaban J connectivity index is 2.64. The van der Waals surface area contributed by atoms with Crippen molar-refractivity contribution in [3.05, 3.63) is 34.7 Å². The average Bonchev–Trinajstić information content (AvgIpc) is 2.58. The lowest BCUT2D eigenvalue weighted by atomic mass is 10.1. The van der Waals surface area contributed by atoms with E-state index < -0.39 is 0 Å². The molecule has 3 N–H and O–H groups in total. The van der Waals surface area contributed by atoms with Crippen LogP contribution in [0.4, 0.5) is 10.2 Å². The van der Waals surface area contributed by atoms with Crippen LogP contribution in [0.5, 0.6) is 0 Å². The molecule has 0 atom stereocenters. The van der Waals surface area contributed by atoms with Gasteiger partial charge >= 0.3 is 0 Å². The molecule has 0 saturated carbocycles. The first kappa shape index (κ1) is 9.98. The molecular formula is C10H9ClFN3. The number of H-pyrrole nitrogens is 1. The van der Waals surface area contributed by atoms with Gasteiger partial charge in [0.15, 0.2) is 0 Å². The average molecular weight is 226 g/mol. The molecule has 0 bridgehead atoms. The van der Waals surface area contributed by atoms with Crippen LogP contribution in [0.3, 0.4) is 0 Å². The van der Waals surface area contributed by atoms with E-state index in [1.807, 2.05) is 0 Å². The number of aryl methyl sites for hydroxylation is 1. The van der Waals surface area contributed by atoms with Crippen molar-refractivity contribution in [2.45, 2.75) is 6.92 Å². The summed E-state index contributed by atoms with van der Waals surface area (Å²) in [6.07, 6.45) is 1.47. The Morgan fingerprint density at radius 3 is 2.73 bits per heavy atom. The van der Waals surface area contributed by atoms with E-state index in [1.54, 1.807) is 13.0 Å². The Kier molecular flexibility index (Phi) is 2.36. The Labute approximate surface area is 91.1 Å². The summed E-state index contributed by atoms with van der Waals surface area (Å²) >= 11 is 5.92. The maximum atomic E-state index is 13.6. The zero-order valence-electron chi connectivity index (χ0n) is 8.01. The highest BCUT2D eigenvalue weighted by Gasteiger charge is 2.12. The molecule has 0 aliphatic heterocycles. The molecule has 0 saturated heterocycles. The van der Waals surface area contributed by atoms with E-state index in [1.165, 1.54) is 12.3 Å². The van der Waals surface area contributed by atoms with Gasteiger partial charge in [-0.25, -0.2) is 4.39 Å². The summed E-state index contributed by atoms with van der Waals surface area (Å²) < 4.78 is 13.6. The smallest absolute Gasteiger partial charge is 0.131 e. The van der Waals surface area contributed by atoms with E-state index in [2.05, 4.69) is 10.2 Å². The third-order valence-electron chi connectivity index (χ3n) is 2.21. The van der Waals surface area contributed by atoms with Gasteiger partial charge < -0.3 is 5.73 Å². The van der Waals surface area contributed by atoms with Crippen LogP contribution >= 0.6 is 11.6 Å². The molecule has 1 aromatic heterocycles. The van der Waals surface area contributed by atoms with Gasteiger partial charge in [-0.15, -0.1) is 0 Å². The topological polar surface area (TPSA) is 54.7 Å². The van der Waals surface area contributed by atoms with Gasteiger partial charge in [-0.05, 0) is 24.6 Å². The number of benzene rings is 1. The zero-order chi connectivity index (χ0) is 11.0. The van der Waals surface area contributed by atoms with E-state index in [0.717, 1.165) is 0 Å². The number of aromatic nitrogens is 2. The van der Waals surface area contributed by atoms with E-state index in [9.17, 15) is 4.39 Å². The number of nitrogen functional groups attached to an aromatic ring is 1. The van der Waals surface area contributed by atoms with Crippen LogP contribution in [-0.4, -0.2) is 10.2 Å². The molecule has 0 aliphatic rings. The summed E-state index contributed by atoms with van der Waals surface area (Å²) in [6.45, 7) is 1.74. The summed E-state index contributed by atoms with van der Waals surface area (Å²) in [4.78, 5) is 0. The van der Waals surface area contributed by atoms with Gasteiger partial charge in [0, 0.05) is 16.1 Å². The second-order valence-corrected chi connectivity index (χ2v) is 3.69. The predicted molar refractivity (Wildman–Crippen MR) is 58.1 cm³/mol. The number of nitrogens with two attached hydrogens (primary N) is 1.